The van der Waals surface area contributed by atoms with Crippen LogP contribution in [0.25, 0.3) is 0 Å². The van der Waals surface area contributed by atoms with Gasteiger partial charge in [0.2, 0.25) is 0 Å². The molecule has 5 aliphatic carbocycles. The van der Waals surface area contributed by atoms with Gasteiger partial charge in [0.15, 0.2) is 0 Å². The minimum absolute atomic E-state index is 0.0107. The van der Waals surface area contributed by atoms with Gasteiger partial charge in [0.1, 0.15) is 0 Å². The molecule has 34 heavy (non-hydrogen) atoms. The summed E-state index contributed by atoms with van der Waals surface area (Å²) in [6, 6.07) is -0.0107. The molecule has 0 saturated heterocycles. The zero-order valence-corrected chi connectivity index (χ0v) is 23.9. The van der Waals surface area contributed by atoms with Crippen molar-refractivity contribution in [3.05, 3.63) is 16.6 Å². The molecule has 2 heteroatoms. The van der Waals surface area contributed by atoms with Crippen LogP contribution in [0.1, 0.15) is 133 Å². The molecule has 0 aromatic rings. The van der Waals surface area contributed by atoms with Crippen molar-refractivity contribution >= 4 is 0 Å². The molecule has 4 saturated carbocycles. The van der Waals surface area contributed by atoms with Crippen molar-refractivity contribution in [2.45, 2.75) is 139 Å². The third-order valence-electron chi connectivity index (χ3n) is 14.2. The maximum Gasteiger partial charge on any atom is 0.0973 e. The summed E-state index contributed by atoms with van der Waals surface area (Å²) in [5.41, 5.74) is 4.14. The lowest BCUT2D eigenvalue weighted by Gasteiger charge is -2.73. The number of allylic oxidation sites excluding steroid dienone is 2. The number of rotatable bonds is 2. The van der Waals surface area contributed by atoms with E-state index in [2.05, 4.69) is 73.6 Å². The number of hydrogen-bond donors (Lipinski definition) is 0. The monoisotopic (exact) mass is 467 g/mol. The van der Waals surface area contributed by atoms with Crippen LogP contribution in [0.5, 0.6) is 0 Å². The van der Waals surface area contributed by atoms with Crippen LogP contribution >= 0.6 is 0 Å². The van der Waals surface area contributed by atoms with Crippen molar-refractivity contribution in [2.75, 3.05) is 0 Å². The average molecular weight is 468 g/mol. The van der Waals surface area contributed by atoms with Crippen LogP contribution in [-0.4, -0.2) is 6.04 Å². The fourth-order valence-corrected chi connectivity index (χ4v) is 11.9. The zero-order chi connectivity index (χ0) is 25.0. The van der Waals surface area contributed by atoms with Gasteiger partial charge < -0.3 is 0 Å². The van der Waals surface area contributed by atoms with Crippen LogP contribution in [0.3, 0.4) is 0 Å². The first kappa shape index (κ1) is 25.0. The highest BCUT2D eigenvalue weighted by atomic mass is 16.3. The predicted molar refractivity (Wildman–Crippen MR) is 144 cm³/mol. The van der Waals surface area contributed by atoms with Crippen molar-refractivity contribution in [3.63, 3.8) is 0 Å². The minimum Gasteiger partial charge on any atom is -0.150 e. The lowest BCUT2D eigenvalue weighted by molar-refractivity contribution is -0.194. The van der Waals surface area contributed by atoms with E-state index < -0.39 is 0 Å². The fourth-order valence-electron chi connectivity index (χ4n) is 11.9. The van der Waals surface area contributed by atoms with E-state index in [9.17, 15) is 4.91 Å². The Morgan fingerprint density at radius 1 is 0.853 bits per heavy atom. The van der Waals surface area contributed by atoms with Crippen molar-refractivity contribution in [2.24, 2.45) is 54.9 Å². The van der Waals surface area contributed by atoms with Gasteiger partial charge in [0, 0.05) is 0 Å². The van der Waals surface area contributed by atoms with Crippen molar-refractivity contribution in [3.8, 4) is 0 Å². The molecule has 0 aliphatic heterocycles. The summed E-state index contributed by atoms with van der Waals surface area (Å²) in [4.78, 5) is 11.8. The molecule has 4 fully saturated rings. The van der Waals surface area contributed by atoms with Gasteiger partial charge in [-0.1, -0.05) is 79.1 Å². The van der Waals surface area contributed by atoms with Crippen molar-refractivity contribution < 1.29 is 0 Å². The molecular weight excluding hydrogens is 414 g/mol. The van der Waals surface area contributed by atoms with Crippen LogP contribution < -0.4 is 0 Å². The van der Waals surface area contributed by atoms with Gasteiger partial charge in [-0.2, -0.15) is 4.91 Å². The smallest absolute Gasteiger partial charge is 0.0973 e. The highest BCUT2D eigenvalue weighted by molar-refractivity contribution is 5.37. The summed E-state index contributed by atoms with van der Waals surface area (Å²) < 4.78 is 0. The molecule has 192 valence electrons. The number of fused-ring (bicyclic) bond motifs is 7. The molecule has 5 aliphatic rings. The summed E-state index contributed by atoms with van der Waals surface area (Å²) >= 11 is 0. The zero-order valence-electron chi connectivity index (χ0n) is 23.9. The molecule has 2 nitrogen and oxygen atoms in total. The van der Waals surface area contributed by atoms with E-state index >= 15 is 0 Å². The number of nitrogens with zero attached hydrogens (tertiary/aromatic N) is 1. The van der Waals surface area contributed by atoms with Crippen LogP contribution in [0.15, 0.2) is 16.8 Å². The Morgan fingerprint density at radius 2 is 1.53 bits per heavy atom. The normalized spacial score (nSPS) is 53.4. The standard InChI is InChI=1S/C32H53NO/c1-10-32-21-26(2,3)17-18-28(32,6)19-20-31(9)24(32)12-11-23-29(7)15-14-25(33-34)27(4,5)22(29)13-16-30(23,31)8/h12,22-23,25H,10-11,13-21H2,1-9H3/t22?,23?,25-,28+,29-,30+,31+,32-/m0/s1. The van der Waals surface area contributed by atoms with Gasteiger partial charge in [0.25, 0.3) is 0 Å². The molecule has 0 amide bonds. The van der Waals surface area contributed by atoms with Gasteiger partial charge in [-0.25, -0.2) is 0 Å². The van der Waals surface area contributed by atoms with Crippen LogP contribution in [-0.2, 0) is 0 Å². The first-order chi connectivity index (χ1) is 15.7. The summed E-state index contributed by atoms with van der Waals surface area (Å²) in [6.07, 6.45) is 17.0. The second-order valence-electron chi connectivity index (χ2n) is 16.1. The molecule has 0 heterocycles. The second-order valence-corrected chi connectivity index (χ2v) is 16.1. The van der Waals surface area contributed by atoms with Crippen LogP contribution in [0.4, 0.5) is 0 Å². The van der Waals surface area contributed by atoms with E-state index in [1.165, 1.54) is 64.2 Å². The fraction of sp³-hybridized carbons (Fsp3) is 0.938. The summed E-state index contributed by atoms with van der Waals surface area (Å²) in [6.45, 7) is 23.0. The van der Waals surface area contributed by atoms with E-state index in [-0.39, 0.29) is 11.5 Å². The Labute approximate surface area is 210 Å². The third-order valence-corrected chi connectivity index (χ3v) is 14.2. The molecule has 8 atom stereocenters. The number of nitroso groups, excluding NO2 is 1. The van der Waals surface area contributed by atoms with Gasteiger partial charge in [-0.15, -0.1) is 0 Å². The van der Waals surface area contributed by atoms with E-state index in [0.717, 1.165) is 6.42 Å². The molecule has 0 spiro atoms. The van der Waals surface area contributed by atoms with Gasteiger partial charge in [-0.3, -0.25) is 0 Å². The highest BCUT2D eigenvalue weighted by Gasteiger charge is 2.70. The van der Waals surface area contributed by atoms with Gasteiger partial charge >= 0.3 is 0 Å². The van der Waals surface area contributed by atoms with E-state index in [4.69, 9.17) is 0 Å². The lowest BCUT2D eigenvalue weighted by Crippen LogP contribution is -2.66. The second kappa shape index (κ2) is 7.22. The quantitative estimate of drug-likeness (QED) is 0.293. The first-order valence-electron chi connectivity index (χ1n) is 14.7. The largest absolute Gasteiger partial charge is 0.150 e. The Hall–Kier alpha value is -0.660. The molecule has 0 bridgehead atoms. The molecular formula is C32H53NO. The van der Waals surface area contributed by atoms with E-state index in [0.29, 0.717) is 44.3 Å². The van der Waals surface area contributed by atoms with Crippen molar-refractivity contribution in [1.29, 1.82) is 0 Å². The van der Waals surface area contributed by atoms with Crippen LogP contribution in [0.2, 0.25) is 0 Å². The Bertz CT molecular complexity index is 901. The maximum atomic E-state index is 11.8. The Morgan fingerprint density at radius 3 is 2.18 bits per heavy atom. The average Bonchev–Trinajstić information content (AvgIpc) is 2.75. The predicted octanol–water partition coefficient (Wildman–Crippen LogP) is 9.72. The first-order valence-corrected chi connectivity index (χ1v) is 14.7. The Balaban J connectivity index is 1.62. The molecule has 0 aromatic heterocycles. The SMILES string of the molecule is CC[C@@]12CC(C)(C)CC[C@]1(C)CC[C@]1(C)C2=CCC2[C@@]3(C)CC[C@H](N=O)C(C)(C)C3CC[C@]21C. The number of hydrogen-bond acceptors (Lipinski definition) is 2. The molecule has 5 rings (SSSR count). The minimum atomic E-state index is -0.0107. The molecule has 0 N–H and O–H groups in total. The summed E-state index contributed by atoms with van der Waals surface area (Å²) in [5.74, 6) is 1.32. The van der Waals surface area contributed by atoms with Crippen LogP contribution in [0, 0.1) is 54.6 Å². The maximum absolute atomic E-state index is 11.8. The van der Waals surface area contributed by atoms with E-state index in [1.807, 2.05) is 5.57 Å². The van der Waals surface area contributed by atoms with Gasteiger partial charge in [-0.05, 0) is 120 Å². The third kappa shape index (κ3) is 2.81. The lowest BCUT2D eigenvalue weighted by atomic mass is 9.31. The van der Waals surface area contributed by atoms with Crippen molar-refractivity contribution in [1.82, 2.24) is 0 Å². The summed E-state index contributed by atoms with van der Waals surface area (Å²) in [5, 5.41) is 3.65. The highest BCUT2D eigenvalue weighted by Crippen LogP contribution is 2.78. The molecule has 2 unspecified atom stereocenters. The molecule has 0 radical (unpaired) electrons. The van der Waals surface area contributed by atoms with Gasteiger partial charge in [0.05, 0.1) is 6.04 Å². The topological polar surface area (TPSA) is 29.4 Å². The molecule has 0 aromatic carbocycles. The Kier molecular flexibility index (Phi) is 5.31. The summed E-state index contributed by atoms with van der Waals surface area (Å²) in [7, 11) is 0. The van der Waals surface area contributed by atoms with E-state index in [1.54, 1.807) is 0 Å².